The van der Waals surface area contributed by atoms with Crippen LogP contribution in [-0.4, -0.2) is 21.2 Å². The highest BCUT2D eigenvalue weighted by atomic mass is 16.3. The maximum Gasteiger partial charge on any atom is 0.183 e. The van der Waals surface area contributed by atoms with Crippen LogP contribution in [0.15, 0.2) is 6.20 Å². The van der Waals surface area contributed by atoms with Gasteiger partial charge >= 0.3 is 0 Å². The van der Waals surface area contributed by atoms with Gasteiger partial charge in [0.05, 0.1) is 18.0 Å². The highest BCUT2D eigenvalue weighted by molar-refractivity contribution is 5.42. The molecule has 1 aliphatic rings. The zero-order chi connectivity index (χ0) is 12.3. The van der Waals surface area contributed by atoms with Crippen LogP contribution in [0.3, 0.4) is 0 Å². The van der Waals surface area contributed by atoms with E-state index in [1.54, 1.807) is 6.20 Å². The molecule has 0 bridgehead atoms. The minimum Gasteiger partial charge on any atom is -0.393 e. The third kappa shape index (κ3) is 2.71. The Kier molecular flexibility index (Phi) is 3.55. The lowest BCUT2D eigenvalue weighted by molar-refractivity contribution is 0.0695. The lowest BCUT2D eigenvalue weighted by atomic mass is 9.83. The van der Waals surface area contributed by atoms with Gasteiger partial charge in [-0.3, -0.25) is 0 Å². The Morgan fingerprint density at radius 1 is 1.47 bits per heavy atom. The predicted octanol–water partition coefficient (Wildman–Crippen LogP) is 1.02. The van der Waals surface area contributed by atoms with Crippen LogP contribution in [0.5, 0.6) is 0 Å². The highest BCUT2D eigenvalue weighted by Gasteiger charge is 2.23. The van der Waals surface area contributed by atoms with Gasteiger partial charge in [-0.1, -0.05) is 12.8 Å². The van der Waals surface area contributed by atoms with Gasteiger partial charge in [0.2, 0.25) is 0 Å². The molecule has 17 heavy (non-hydrogen) atoms. The maximum absolute atomic E-state index is 9.87. The van der Waals surface area contributed by atoms with Gasteiger partial charge in [0.1, 0.15) is 6.07 Å². The first-order chi connectivity index (χ1) is 8.20. The second-order valence-corrected chi connectivity index (χ2v) is 4.52. The molecule has 1 aromatic heterocycles. The van der Waals surface area contributed by atoms with E-state index in [1.807, 2.05) is 6.07 Å². The molecule has 90 valence electrons. The molecule has 5 nitrogen and oxygen atoms in total. The number of aliphatic hydroxyl groups excluding tert-OH is 1. The van der Waals surface area contributed by atoms with E-state index in [0.29, 0.717) is 6.42 Å². The molecular formula is C12H16N4O. The third-order valence-electron chi connectivity index (χ3n) is 3.30. The van der Waals surface area contributed by atoms with Crippen LogP contribution in [0, 0.1) is 17.2 Å². The van der Waals surface area contributed by atoms with Gasteiger partial charge in [-0.25, -0.2) is 9.97 Å². The summed E-state index contributed by atoms with van der Waals surface area (Å²) < 4.78 is 0. The van der Waals surface area contributed by atoms with Crippen molar-refractivity contribution in [2.75, 3.05) is 5.73 Å². The molecule has 1 fully saturated rings. The number of nitriles is 1. The minimum absolute atomic E-state index is 0.167. The molecule has 1 heterocycles. The molecule has 2 unspecified atom stereocenters. The molecule has 2 rings (SSSR count). The molecule has 0 amide bonds. The van der Waals surface area contributed by atoms with Crippen molar-refractivity contribution in [3.8, 4) is 6.07 Å². The SMILES string of the molecule is N#Cc1nc(CC2CCCCC2O)cnc1N. The van der Waals surface area contributed by atoms with E-state index in [1.165, 1.54) is 0 Å². The molecular weight excluding hydrogens is 216 g/mol. The van der Waals surface area contributed by atoms with Gasteiger partial charge in [-0.15, -0.1) is 0 Å². The monoisotopic (exact) mass is 232 g/mol. The van der Waals surface area contributed by atoms with Gasteiger partial charge in [0.25, 0.3) is 0 Å². The molecule has 0 saturated heterocycles. The summed E-state index contributed by atoms with van der Waals surface area (Å²) in [5.41, 5.74) is 6.43. The number of nitrogen functional groups attached to an aromatic ring is 1. The summed E-state index contributed by atoms with van der Waals surface area (Å²) in [5.74, 6) is 0.397. The number of anilines is 1. The van der Waals surface area contributed by atoms with E-state index >= 15 is 0 Å². The van der Waals surface area contributed by atoms with Crippen molar-refractivity contribution in [3.63, 3.8) is 0 Å². The van der Waals surface area contributed by atoms with Crippen LogP contribution in [0.25, 0.3) is 0 Å². The summed E-state index contributed by atoms with van der Waals surface area (Å²) in [6.07, 6.45) is 6.12. The summed E-state index contributed by atoms with van der Waals surface area (Å²) in [4.78, 5) is 8.11. The Bertz CT molecular complexity index is 441. The van der Waals surface area contributed by atoms with Crippen molar-refractivity contribution >= 4 is 5.82 Å². The van der Waals surface area contributed by atoms with Crippen LogP contribution in [0.1, 0.15) is 37.1 Å². The van der Waals surface area contributed by atoms with E-state index in [9.17, 15) is 5.11 Å². The van der Waals surface area contributed by atoms with E-state index in [0.717, 1.165) is 31.4 Å². The topological polar surface area (TPSA) is 95.8 Å². The molecule has 1 aliphatic carbocycles. The Labute approximate surface area is 100 Å². The van der Waals surface area contributed by atoms with Crippen LogP contribution < -0.4 is 5.73 Å². The van der Waals surface area contributed by atoms with Crippen molar-refractivity contribution in [1.29, 1.82) is 5.26 Å². The average molecular weight is 232 g/mol. The first kappa shape index (κ1) is 11.8. The van der Waals surface area contributed by atoms with E-state index < -0.39 is 0 Å². The van der Waals surface area contributed by atoms with Crippen LogP contribution in [0.4, 0.5) is 5.82 Å². The van der Waals surface area contributed by atoms with Crippen LogP contribution >= 0.6 is 0 Å². The van der Waals surface area contributed by atoms with Gasteiger partial charge in [0.15, 0.2) is 11.5 Å². The number of hydrogen-bond acceptors (Lipinski definition) is 5. The van der Waals surface area contributed by atoms with Gasteiger partial charge in [0, 0.05) is 0 Å². The first-order valence-electron chi connectivity index (χ1n) is 5.90. The summed E-state index contributed by atoms with van der Waals surface area (Å²) in [5, 5.41) is 18.7. The number of hydrogen-bond donors (Lipinski definition) is 2. The quantitative estimate of drug-likeness (QED) is 0.793. The van der Waals surface area contributed by atoms with E-state index in [-0.39, 0.29) is 23.5 Å². The largest absolute Gasteiger partial charge is 0.393 e. The Morgan fingerprint density at radius 3 is 2.94 bits per heavy atom. The molecule has 0 spiro atoms. The Morgan fingerprint density at radius 2 is 2.24 bits per heavy atom. The zero-order valence-electron chi connectivity index (χ0n) is 9.63. The van der Waals surface area contributed by atoms with Crippen molar-refractivity contribution in [1.82, 2.24) is 9.97 Å². The number of nitrogens with two attached hydrogens (primary N) is 1. The Hall–Kier alpha value is -1.67. The number of aliphatic hydroxyl groups is 1. The van der Waals surface area contributed by atoms with Crippen LogP contribution in [-0.2, 0) is 6.42 Å². The molecule has 0 radical (unpaired) electrons. The fourth-order valence-corrected chi connectivity index (χ4v) is 2.31. The standard InChI is InChI=1S/C12H16N4O/c13-6-10-12(14)15-7-9(16-10)5-8-3-1-2-4-11(8)17/h7-8,11,17H,1-5H2,(H2,14,15). The summed E-state index contributed by atoms with van der Waals surface area (Å²) in [6.45, 7) is 0. The zero-order valence-corrected chi connectivity index (χ0v) is 9.63. The lowest BCUT2D eigenvalue weighted by Crippen LogP contribution is -2.26. The summed E-state index contributed by atoms with van der Waals surface area (Å²) >= 11 is 0. The van der Waals surface area contributed by atoms with Gasteiger partial charge in [-0.2, -0.15) is 5.26 Å². The maximum atomic E-state index is 9.87. The Balaban J connectivity index is 2.10. The minimum atomic E-state index is -0.256. The number of aromatic nitrogens is 2. The normalized spacial score (nSPS) is 24.2. The van der Waals surface area contributed by atoms with Gasteiger partial charge < -0.3 is 10.8 Å². The van der Waals surface area contributed by atoms with Crippen molar-refractivity contribution in [2.24, 2.45) is 5.92 Å². The van der Waals surface area contributed by atoms with Crippen molar-refractivity contribution in [3.05, 3.63) is 17.6 Å². The fourth-order valence-electron chi connectivity index (χ4n) is 2.31. The molecule has 0 aliphatic heterocycles. The second kappa shape index (κ2) is 5.11. The molecule has 0 aromatic carbocycles. The second-order valence-electron chi connectivity index (χ2n) is 4.52. The van der Waals surface area contributed by atoms with E-state index in [4.69, 9.17) is 11.0 Å². The number of nitrogens with zero attached hydrogens (tertiary/aromatic N) is 3. The van der Waals surface area contributed by atoms with Crippen LogP contribution in [0.2, 0.25) is 0 Å². The summed E-state index contributed by atoms with van der Waals surface area (Å²) in [6, 6.07) is 1.92. The lowest BCUT2D eigenvalue weighted by Gasteiger charge is -2.27. The molecule has 1 saturated carbocycles. The molecule has 2 atom stereocenters. The smallest absolute Gasteiger partial charge is 0.183 e. The van der Waals surface area contributed by atoms with Gasteiger partial charge in [-0.05, 0) is 25.2 Å². The molecule has 5 heteroatoms. The number of rotatable bonds is 2. The highest BCUT2D eigenvalue weighted by Crippen LogP contribution is 2.27. The molecule has 3 N–H and O–H groups in total. The molecule has 1 aromatic rings. The summed E-state index contributed by atoms with van der Waals surface area (Å²) in [7, 11) is 0. The van der Waals surface area contributed by atoms with E-state index in [2.05, 4.69) is 9.97 Å². The van der Waals surface area contributed by atoms with Crippen molar-refractivity contribution in [2.45, 2.75) is 38.2 Å². The fraction of sp³-hybridized carbons (Fsp3) is 0.583. The predicted molar refractivity (Wildman–Crippen MR) is 62.8 cm³/mol. The first-order valence-corrected chi connectivity index (χ1v) is 5.90. The third-order valence-corrected chi connectivity index (χ3v) is 3.30. The average Bonchev–Trinajstić information content (AvgIpc) is 2.34. The van der Waals surface area contributed by atoms with Crippen molar-refractivity contribution < 1.29 is 5.11 Å².